The van der Waals surface area contributed by atoms with Gasteiger partial charge in [0.15, 0.2) is 0 Å². The van der Waals surface area contributed by atoms with Gasteiger partial charge in [0.05, 0.1) is 22.2 Å². The summed E-state index contributed by atoms with van der Waals surface area (Å²) in [7, 11) is 0. The summed E-state index contributed by atoms with van der Waals surface area (Å²) in [5, 5.41) is 8.74. The zero-order valence-electron chi connectivity index (χ0n) is 19.9. The van der Waals surface area contributed by atoms with Crippen LogP contribution in [-0.4, -0.2) is 9.55 Å². The maximum atomic E-state index is 4.85. The van der Waals surface area contributed by atoms with E-state index in [9.17, 15) is 0 Å². The molecule has 1 aliphatic carbocycles. The number of benzene rings is 6. The summed E-state index contributed by atoms with van der Waals surface area (Å²) in [6, 6.07) is 41.9. The monoisotopic (exact) mass is 468 g/mol. The SMILES string of the molecule is c1ccc2c(-n3c4ccccc4c4cnc5ccccc5c43)c3c(cc2c1)-c1cccc2cccc-3c12. The standard InChI is InChI=1S/C35H20N2/c1-2-12-23-22(9-1)19-28-25-15-7-10-21-11-8-16-27(32(21)25)33(28)35(23)37-31-18-6-4-13-24(31)29-20-36-30-17-5-3-14-26(30)34(29)37/h1-20H. The predicted octanol–water partition coefficient (Wildman–Crippen LogP) is 9.29. The molecule has 0 atom stereocenters. The summed E-state index contributed by atoms with van der Waals surface area (Å²) < 4.78 is 2.51. The lowest BCUT2D eigenvalue weighted by atomic mass is 9.95. The Labute approximate surface area is 213 Å². The van der Waals surface area contributed by atoms with E-state index in [1.165, 1.54) is 76.7 Å². The molecule has 37 heavy (non-hydrogen) atoms. The number of pyridine rings is 1. The molecule has 0 saturated carbocycles. The molecular weight excluding hydrogens is 448 g/mol. The third-order valence-electron chi connectivity index (χ3n) is 8.12. The van der Waals surface area contributed by atoms with Crippen molar-refractivity contribution in [2.75, 3.05) is 0 Å². The van der Waals surface area contributed by atoms with Crippen molar-refractivity contribution in [3.8, 4) is 27.9 Å². The molecule has 0 N–H and O–H groups in total. The van der Waals surface area contributed by atoms with Gasteiger partial charge in [0.2, 0.25) is 0 Å². The van der Waals surface area contributed by atoms with Gasteiger partial charge >= 0.3 is 0 Å². The molecule has 2 nitrogen and oxygen atoms in total. The maximum absolute atomic E-state index is 4.85. The van der Waals surface area contributed by atoms with Crippen molar-refractivity contribution in [2.24, 2.45) is 0 Å². The molecule has 9 rings (SSSR count). The zero-order chi connectivity index (χ0) is 24.1. The number of aromatic nitrogens is 2. The first kappa shape index (κ1) is 19.3. The normalized spacial score (nSPS) is 12.3. The van der Waals surface area contributed by atoms with Crippen LogP contribution in [0.4, 0.5) is 0 Å². The predicted molar refractivity (Wildman–Crippen MR) is 156 cm³/mol. The van der Waals surface area contributed by atoms with Crippen LogP contribution in [0, 0.1) is 0 Å². The Morgan fingerprint density at radius 1 is 0.514 bits per heavy atom. The van der Waals surface area contributed by atoms with Gasteiger partial charge in [-0.15, -0.1) is 0 Å². The molecule has 0 amide bonds. The van der Waals surface area contributed by atoms with Crippen LogP contribution in [0.3, 0.4) is 0 Å². The van der Waals surface area contributed by atoms with E-state index in [1.54, 1.807) is 0 Å². The fourth-order valence-corrected chi connectivity index (χ4v) is 6.63. The average Bonchev–Trinajstić information content (AvgIpc) is 3.46. The molecule has 0 spiro atoms. The average molecular weight is 469 g/mol. The van der Waals surface area contributed by atoms with Crippen molar-refractivity contribution in [3.05, 3.63) is 121 Å². The lowest BCUT2D eigenvalue weighted by molar-refractivity contribution is 1.21. The van der Waals surface area contributed by atoms with Gasteiger partial charge in [-0.3, -0.25) is 4.98 Å². The highest BCUT2D eigenvalue weighted by Crippen LogP contribution is 2.53. The summed E-state index contributed by atoms with van der Waals surface area (Å²) in [5.41, 5.74) is 9.95. The minimum Gasteiger partial charge on any atom is -0.307 e. The number of rotatable bonds is 1. The number of hydrogen-bond donors (Lipinski definition) is 0. The van der Waals surface area contributed by atoms with Crippen LogP contribution in [0.2, 0.25) is 0 Å². The van der Waals surface area contributed by atoms with Gasteiger partial charge in [0.25, 0.3) is 0 Å². The number of hydrogen-bond acceptors (Lipinski definition) is 1. The molecule has 0 bridgehead atoms. The Morgan fingerprint density at radius 3 is 2.11 bits per heavy atom. The van der Waals surface area contributed by atoms with Crippen molar-refractivity contribution < 1.29 is 0 Å². The van der Waals surface area contributed by atoms with Crippen LogP contribution in [-0.2, 0) is 0 Å². The molecule has 1 aliphatic rings. The van der Waals surface area contributed by atoms with E-state index in [0.717, 1.165) is 5.52 Å². The number of para-hydroxylation sites is 2. The molecule has 170 valence electrons. The summed E-state index contributed by atoms with van der Waals surface area (Å²) in [6.07, 6.45) is 2.05. The summed E-state index contributed by atoms with van der Waals surface area (Å²) in [5.74, 6) is 0. The van der Waals surface area contributed by atoms with Crippen molar-refractivity contribution in [1.82, 2.24) is 9.55 Å². The quantitative estimate of drug-likeness (QED) is 0.235. The Hall–Kier alpha value is -4.95. The van der Waals surface area contributed by atoms with E-state index < -0.39 is 0 Å². The smallest absolute Gasteiger partial charge is 0.0723 e. The largest absolute Gasteiger partial charge is 0.307 e. The van der Waals surface area contributed by atoms with Gasteiger partial charge in [-0.2, -0.15) is 0 Å². The molecule has 0 unspecified atom stereocenters. The van der Waals surface area contributed by atoms with E-state index in [-0.39, 0.29) is 0 Å². The lowest BCUT2D eigenvalue weighted by Gasteiger charge is -2.18. The van der Waals surface area contributed by atoms with Crippen LogP contribution in [0.1, 0.15) is 0 Å². The van der Waals surface area contributed by atoms with Gasteiger partial charge < -0.3 is 4.57 Å². The fourth-order valence-electron chi connectivity index (χ4n) is 6.63. The summed E-state index contributed by atoms with van der Waals surface area (Å²) in [4.78, 5) is 4.85. The van der Waals surface area contributed by atoms with Crippen molar-refractivity contribution in [3.63, 3.8) is 0 Å². The number of nitrogens with zero attached hydrogens (tertiary/aromatic N) is 2. The topological polar surface area (TPSA) is 17.8 Å². The minimum absolute atomic E-state index is 1.02. The molecule has 8 aromatic rings. The van der Waals surface area contributed by atoms with Gasteiger partial charge in [-0.05, 0) is 51.0 Å². The highest BCUT2D eigenvalue weighted by Gasteiger charge is 2.28. The molecule has 2 aromatic heterocycles. The summed E-state index contributed by atoms with van der Waals surface area (Å²) in [6.45, 7) is 0. The first-order valence-electron chi connectivity index (χ1n) is 12.7. The number of fused-ring (bicyclic) bond motifs is 9. The molecule has 2 heteroatoms. The minimum atomic E-state index is 1.02. The highest BCUT2D eigenvalue weighted by molar-refractivity contribution is 6.23. The zero-order valence-corrected chi connectivity index (χ0v) is 19.9. The lowest BCUT2D eigenvalue weighted by Crippen LogP contribution is -2.00. The molecule has 0 saturated heterocycles. The third kappa shape index (κ3) is 2.37. The van der Waals surface area contributed by atoms with Gasteiger partial charge in [-0.25, -0.2) is 0 Å². The van der Waals surface area contributed by atoms with E-state index in [4.69, 9.17) is 4.98 Å². The second kappa shape index (κ2) is 6.83. The van der Waals surface area contributed by atoms with Crippen molar-refractivity contribution >= 4 is 54.3 Å². The Kier molecular flexibility index (Phi) is 3.56. The van der Waals surface area contributed by atoms with Crippen LogP contribution in [0.25, 0.3) is 82.2 Å². The van der Waals surface area contributed by atoms with Gasteiger partial charge in [0.1, 0.15) is 0 Å². The second-order valence-electron chi connectivity index (χ2n) is 9.97. The molecule has 0 radical (unpaired) electrons. The molecule has 0 fully saturated rings. The van der Waals surface area contributed by atoms with Crippen LogP contribution in [0.5, 0.6) is 0 Å². The highest BCUT2D eigenvalue weighted by atomic mass is 15.0. The van der Waals surface area contributed by atoms with E-state index in [1.807, 2.05) is 0 Å². The van der Waals surface area contributed by atoms with Crippen LogP contribution < -0.4 is 0 Å². The molecular formula is C35H20N2. The Morgan fingerprint density at radius 2 is 1.22 bits per heavy atom. The van der Waals surface area contributed by atoms with E-state index in [0.29, 0.717) is 0 Å². The van der Waals surface area contributed by atoms with Gasteiger partial charge in [0, 0.05) is 33.3 Å². The second-order valence-corrected chi connectivity index (χ2v) is 9.97. The summed E-state index contributed by atoms with van der Waals surface area (Å²) >= 11 is 0. The van der Waals surface area contributed by atoms with Crippen molar-refractivity contribution in [1.29, 1.82) is 0 Å². The first-order chi connectivity index (χ1) is 18.4. The third-order valence-corrected chi connectivity index (χ3v) is 8.12. The maximum Gasteiger partial charge on any atom is 0.0723 e. The van der Waals surface area contributed by atoms with E-state index >= 15 is 0 Å². The molecule has 2 heterocycles. The Bertz CT molecular complexity index is 2250. The van der Waals surface area contributed by atoms with Crippen LogP contribution in [0.15, 0.2) is 121 Å². The molecule has 6 aromatic carbocycles. The van der Waals surface area contributed by atoms with E-state index in [2.05, 4.69) is 126 Å². The fraction of sp³-hybridized carbons (Fsp3) is 0. The Balaban J connectivity index is 1.59. The molecule has 0 aliphatic heterocycles. The first-order valence-corrected chi connectivity index (χ1v) is 12.7. The van der Waals surface area contributed by atoms with Gasteiger partial charge in [-0.1, -0.05) is 97.1 Å². The van der Waals surface area contributed by atoms with Crippen molar-refractivity contribution in [2.45, 2.75) is 0 Å². The van der Waals surface area contributed by atoms with Crippen LogP contribution >= 0.6 is 0 Å².